The molecule has 0 aromatic carbocycles. The second-order valence-corrected chi connectivity index (χ2v) is 3.68. The average Bonchev–Trinajstić information content (AvgIpc) is 2.89. The van der Waals surface area contributed by atoms with Gasteiger partial charge in [0.15, 0.2) is 0 Å². The topological polar surface area (TPSA) is 29.9 Å². The first-order chi connectivity index (χ1) is 6.35. The molecule has 3 heteroatoms. The van der Waals surface area contributed by atoms with Gasteiger partial charge in [0.25, 0.3) is 0 Å². The zero-order valence-corrected chi connectivity index (χ0v) is 8.38. The van der Waals surface area contributed by atoms with Gasteiger partial charge in [-0.2, -0.15) is 5.10 Å². The summed E-state index contributed by atoms with van der Waals surface area (Å²) in [6, 6.07) is 2.25. The molecule has 0 atom stereocenters. The minimum Gasteiger partial charge on any atom is -0.314 e. The average molecular weight is 179 g/mol. The van der Waals surface area contributed by atoms with Crippen LogP contribution in [-0.2, 0) is 13.1 Å². The maximum Gasteiger partial charge on any atom is 0.0765 e. The van der Waals surface area contributed by atoms with E-state index in [4.69, 9.17) is 0 Å². The maximum atomic E-state index is 4.53. The van der Waals surface area contributed by atoms with Crippen molar-refractivity contribution in [1.82, 2.24) is 15.1 Å². The van der Waals surface area contributed by atoms with Crippen molar-refractivity contribution < 1.29 is 0 Å². The third-order valence-electron chi connectivity index (χ3n) is 2.51. The third kappa shape index (κ3) is 1.75. The smallest absolute Gasteiger partial charge is 0.0765 e. The third-order valence-corrected chi connectivity index (χ3v) is 2.51. The summed E-state index contributed by atoms with van der Waals surface area (Å²) in [5, 5.41) is 7.67. The lowest BCUT2D eigenvalue weighted by molar-refractivity contribution is 0.608. The van der Waals surface area contributed by atoms with Crippen LogP contribution in [0.25, 0.3) is 0 Å². The Morgan fingerprint density at radius 1 is 1.62 bits per heavy atom. The molecule has 1 aliphatic rings. The van der Waals surface area contributed by atoms with Gasteiger partial charge in [-0.3, -0.25) is 4.68 Å². The molecule has 13 heavy (non-hydrogen) atoms. The SMILES string of the molecule is CCn1nc(CNC)cc1C1CC1. The van der Waals surface area contributed by atoms with Gasteiger partial charge in [0, 0.05) is 24.7 Å². The number of rotatable bonds is 4. The summed E-state index contributed by atoms with van der Waals surface area (Å²) in [7, 11) is 1.96. The fourth-order valence-corrected chi connectivity index (χ4v) is 1.72. The summed E-state index contributed by atoms with van der Waals surface area (Å²) in [5.41, 5.74) is 2.61. The molecular formula is C10H17N3. The first-order valence-corrected chi connectivity index (χ1v) is 5.06. The van der Waals surface area contributed by atoms with Crippen molar-refractivity contribution in [3.05, 3.63) is 17.5 Å². The molecule has 1 heterocycles. The molecule has 0 radical (unpaired) electrons. The van der Waals surface area contributed by atoms with Crippen LogP contribution in [0.3, 0.4) is 0 Å². The number of nitrogens with one attached hydrogen (secondary N) is 1. The zero-order chi connectivity index (χ0) is 9.26. The Morgan fingerprint density at radius 3 is 2.92 bits per heavy atom. The largest absolute Gasteiger partial charge is 0.314 e. The van der Waals surface area contributed by atoms with E-state index in [1.807, 2.05) is 7.05 Å². The van der Waals surface area contributed by atoms with E-state index < -0.39 is 0 Å². The second-order valence-electron chi connectivity index (χ2n) is 3.68. The first kappa shape index (κ1) is 8.75. The number of aromatic nitrogens is 2. The molecule has 3 nitrogen and oxygen atoms in total. The Kier molecular flexibility index (Phi) is 2.36. The lowest BCUT2D eigenvalue weighted by Crippen LogP contribution is -2.06. The van der Waals surface area contributed by atoms with Crippen molar-refractivity contribution in [2.45, 2.75) is 38.8 Å². The van der Waals surface area contributed by atoms with Crippen molar-refractivity contribution >= 4 is 0 Å². The van der Waals surface area contributed by atoms with E-state index in [2.05, 4.69) is 28.1 Å². The fraction of sp³-hybridized carbons (Fsp3) is 0.700. The minimum absolute atomic E-state index is 0.804. The molecule has 0 unspecified atom stereocenters. The monoisotopic (exact) mass is 179 g/mol. The van der Waals surface area contributed by atoms with Crippen LogP contribution in [0, 0.1) is 0 Å². The van der Waals surface area contributed by atoms with Gasteiger partial charge in [0.05, 0.1) is 5.69 Å². The van der Waals surface area contributed by atoms with Crippen LogP contribution in [-0.4, -0.2) is 16.8 Å². The van der Waals surface area contributed by atoms with Gasteiger partial charge in [0.1, 0.15) is 0 Å². The standard InChI is InChI=1S/C10H17N3/c1-3-13-10(8-4-5-8)6-9(12-13)7-11-2/h6,8,11H,3-5,7H2,1-2H3. The zero-order valence-electron chi connectivity index (χ0n) is 8.38. The molecule has 1 fully saturated rings. The normalized spacial score (nSPS) is 16.5. The maximum absolute atomic E-state index is 4.53. The van der Waals surface area contributed by atoms with Crippen molar-refractivity contribution in [2.24, 2.45) is 0 Å². The van der Waals surface area contributed by atoms with Crippen LogP contribution in [0.5, 0.6) is 0 Å². The van der Waals surface area contributed by atoms with Crippen molar-refractivity contribution in [1.29, 1.82) is 0 Å². The molecule has 0 amide bonds. The number of hydrogen-bond acceptors (Lipinski definition) is 2. The van der Waals surface area contributed by atoms with E-state index in [-0.39, 0.29) is 0 Å². The first-order valence-electron chi connectivity index (χ1n) is 5.06. The Morgan fingerprint density at radius 2 is 2.38 bits per heavy atom. The van der Waals surface area contributed by atoms with E-state index in [1.54, 1.807) is 0 Å². The molecule has 0 spiro atoms. The summed E-state index contributed by atoms with van der Waals surface area (Å²) in [4.78, 5) is 0. The summed E-state index contributed by atoms with van der Waals surface area (Å²) < 4.78 is 2.14. The van der Waals surface area contributed by atoms with Crippen molar-refractivity contribution in [2.75, 3.05) is 7.05 Å². The predicted octanol–water partition coefficient (Wildman–Crippen LogP) is 1.50. The molecule has 0 bridgehead atoms. The van der Waals surface area contributed by atoms with E-state index in [1.165, 1.54) is 24.2 Å². The van der Waals surface area contributed by atoms with Gasteiger partial charge in [0.2, 0.25) is 0 Å². The highest BCUT2D eigenvalue weighted by Gasteiger charge is 2.27. The van der Waals surface area contributed by atoms with Crippen LogP contribution >= 0.6 is 0 Å². The van der Waals surface area contributed by atoms with E-state index in [9.17, 15) is 0 Å². The fourth-order valence-electron chi connectivity index (χ4n) is 1.72. The van der Waals surface area contributed by atoms with Gasteiger partial charge in [-0.05, 0) is 32.9 Å². The highest BCUT2D eigenvalue weighted by atomic mass is 15.3. The molecule has 1 saturated carbocycles. The van der Waals surface area contributed by atoms with Crippen LogP contribution in [0.15, 0.2) is 6.07 Å². The van der Waals surface area contributed by atoms with Gasteiger partial charge in [-0.25, -0.2) is 0 Å². The van der Waals surface area contributed by atoms with Gasteiger partial charge in [-0.15, -0.1) is 0 Å². The van der Waals surface area contributed by atoms with Crippen LogP contribution in [0.4, 0.5) is 0 Å². The van der Waals surface area contributed by atoms with Gasteiger partial charge >= 0.3 is 0 Å². The summed E-state index contributed by atoms with van der Waals surface area (Å²) in [6.45, 7) is 4.03. The Balaban J connectivity index is 2.20. The van der Waals surface area contributed by atoms with E-state index >= 15 is 0 Å². The lowest BCUT2D eigenvalue weighted by atomic mass is 10.2. The Hall–Kier alpha value is -0.830. The Labute approximate surface area is 79.1 Å². The number of aryl methyl sites for hydroxylation is 1. The minimum atomic E-state index is 0.804. The molecule has 72 valence electrons. The molecule has 1 aliphatic carbocycles. The molecule has 2 rings (SSSR count). The van der Waals surface area contributed by atoms with Gasteiger partial charge in [-0.1, -0.05) is 0 Å². The molecule has 1 aromatic rings. The van der Waals surface area contributed by atoms with E-state index in [0.717, 1.165) is 19.0 Å². The van der Waals surface area contributed by atoms with E-state index in [0.29, 0.717) is 0 Å². The predicted molar refractivity (Wildman–Crippen MR) is 52.6 cm³/mol. The molecule has 1 N–H and O–H groups in total. The quantitative estimate of drug-likeness (QED) is 0.759. The van der Waals surface area contributed by atoms with Crippen LogP contribution in [0.1, 0.15) is 37.1 Å². The Bertz CT molecular complexity index is 286. The molecule has 0 aliphatic heterocycles. The summed E-state index contributed by atoms with van der Waals surface area (Å²) in [5.74, 6) is 0.804. The van der Waals surface area contributed by atoms with Crippen LogP contribution in [0.2, 0.25) is 0 Å². The van der Waals surface area contributed by atoms with Gasteiger partial charge < -0.3 is 5.32 Å². The summed E-state index contributed by atoms with van der Waals surface area (Å²) >= 11 is 0. The lowest BCUT2D eigenvalue weighted by Gasteiger charge is -2.00. The van der Waals surface area contributed by atoms with Crippen molar-refractivity contribution in [3.63, 3.8) is 0 Å². The summed E-state index contributed by atoms with van der Waals surface area (Å²) in [6.07, 6.45) is 2.70. The highest BCUT2D eigenvalue weighted by Crippen LogP contribution is 2.40. The number of hydrogen-bond donors (Lipinski definition) is 1. The number of nitrogens with zero attached hydrogens (tertiary/aromatic N) is 2. The van der Waals surface area contributed by atoms with Crippen molar-refractivity contribution in [3.8, 4) is 0 Å². The second kappa shape index (κ2) is 3.50. The molecule has 0 saturated heterocycles. The molecule has 1 aromatic heterocycles. The molecular weight excluding hydrogens is 162 g/mol. The highest BCUT2D eigenvalue weighted by molar-refractivity contribution is 5.19. The van der Waals surface area contributed by atoms with Crippen LogP contribution < -0.4 is 5.32 Å².